The van der Waals surface area contributed by atoms with Gasteiger partial charge in [-0.3, -0.25) is 4.79 Å². The van der Waals surface area contributed by atoms with Crippen LogP contribution >= 0.6 is 0 Å². The lowest BCUT2D eigenvalue weighted by Crippen LogP contribution is -2.61. The highest BCUT2D eigenvalue weighted by molar-refractivity contribution is 5.92. The van der Waals surface area contributed by atoms with Crippen molar-refractivity contribution >= 4 is 18.0 Å². The molecule has 0 bridgehead atoms. The molecule has 1 saturated heterocycles. The number of carbonyl (C=O) groups is 3. The topological polar surface area (TPSA) is 186 Å². The zero-order valence-corrected chi connectivity index (χ0v) is 18.8. The van der Waals surface area contributed by atoms with Crippen molar-refractivity contribution in [1.29, 1.82) is 0 Å². The van der Waals surface area contributed by atoms with Gasteiger partial charge in [-0.1, -0.05) is 12.1 Å². The highest BCUT2D eigenvalue weighted by atomic mass is 16.7. The summed E-state index contributed by atoms with van der Waals surface area (Å²) in [5, 5.41) is 50.7. The van der Waals surface area contributed by atoms with Crippen LogP contribution < -0.4 is 5.32 Å². The molecule has 1 aromatic rings. The van der Waals surface area contributed by atoms with Crippen LogP contribution in [-0.2, 0) is 24.5 Å². The van der Waals surface area contributed by atoms with Crippen LogP contribution in [0.5, 0.6) is 5.75 Å². The first kappa shape index (κ1) is 25.7. The fourth-order valence-corrected chi connectivity index (χ4v) is 4.37. The number of aliphatic carboxylic acids is 1. The van der Waals surface area contributed by atoms with Crippen LogP contribution in [0.25, 0.3) is 0 Å². The Labute approximate surface area is 195 Å². The van der Waals surface area contributed by atoms with E-state index in [1.807, 2.05) is 13.8 Å². The van der Waals surface area contributed by atoms with Gasteiger partial charge in [0.15, 0.2) is 6.10 Å². The Kier molecular flexibility index (Phi) is 7.66. The van der Waals surface area contributed by atoms with Crippen LogP contribution in [0.4, 0.5) is 4.79 Å². The first-order valence-corrected chi connectivity index (χ1v) is 11.0. The number of rotatable bonds is 8. The molecule has 0 aromatic heterocycles. The number of nitrogens with one attached hydrogen (secondary N) is 1. The molecule has 1 aliphatic carbocycles. The molecular weight excluding hydrogens is 452 g/mol. The van der Waals surface area contributed by atoms with Crippen molar-refractivity contribution in [2.75, 3.05) is 19.6 Å². The van der Waals surface area contributed by atoms with E-state index < -0.39 is 48.2 Å². The molecule has 0 unspecified atom stereocenters. The molecule has 1 saturated carbocycles. The van der Waals surface area contributed by atoms with Gasteiger partial charge in [0, 0.05) is 19.6 Å². The van der Waals surface area contributed by atoms with Gasteiger partial charge in [0.25, 0.3) is 0 Å². The van der Waals surface area contributed by atoms with Gasteiger partial charge in [-0.15, -0.1) is 0 Å². The highest BCUT2D eigenvalue weighted by Crippen LogP contribution is 2.55. The number of likely N-dealkylation sites (N-methyl/N-ethyl adjacent to an activating group) is 1. The summed E-state index contributed by atoms with van der Waals surface area (Å²) in [7, 11) is 0. The van der Waals surface area contributed by atoms with E-state index in [2.05, 4.69) is 5.32 Å². The number of hydrogen-bond donors (Lipinski definition) is 6. The van der Waals surface area contributed by atoms with Crippen LogP contribution in [0.2, 0.25) is 0 Å². The molecule has 2 amide bonds. The lowest BCUT2D eigenvalue weighted by atomic mass is 9.91. The van der Waals surface area contributed by atoms with Crippen LogP contribution in [0.15, 0.2) is 24.3 Å². The van der Waals surface area contributed by atoms with E-state index in [1.165, 1.54) is 12.1 Å². The quantitative estimate of drug-likeness (QED) is 0.272. The molecule has 3 rings (SSSR count). The zero-order valence-electron chi connectivity index (χ0n) is 18.8. The summed E-state index contributed by atoms with van der Waals surface area (Å²) < 4.78 is 9.86. The number of aliphatic hydroxyl groups excluding tert-OH is 3. The first-order valence-electron chi connectivity index (χ1n) is 11.0. The lowest BCUT2D eigenvalue weighted by molar-refractivity contribution is -0.278. The molecule has 34 heavy (non-hydrogen) atoms. The number of carboxylic acids is 1. The van der Waals surface area contributed by atoms with Gasteiger partial charge in [0.05, 0.1) is 5.41 Å². The monoisotopic (exact) mass is 482 g/mol. The molecule has 1 heterocycles. The Morgan fingerprint density at radius 3 is 2.26 bits per heavy atom. The standard InChI is InChI=1S/C22H30N2O10/c1-3-24(4-2)20(31)22(11-5-7-13(25)8-6-11)9-12(22)10-23-21(32)34-19-16(28)14(26)15(27)17(33-19)18(29)30/h5-8,12,14-17,19,25-28H,3-4,9-10H2,1-2H3,(H,23,32)(H,29,30)/t12-,14+,15+,16-,17+,19+,22+/m1/s1. The van der Waals surface area contributed by atoms with Crippen molar-refractivity contribution in [2.24, 2.45) is 5.92 Å². The summed E-state index contributed by atoms with van der Waals surface area (Å²) in [6.07, 6.45) is -9.99. The maximum Gasteiger partial charge on any atom is 0.409 e. The van der Waals surface area contributed by atoms with Crippen LogP contribution in [-0.4, -0.2) is 98.7 Å². The Bertz CT molecular complexity index is 905. The van der Waals surface area contributed by atoms with E-state index in [9.17, 15) is 34.8 Å². The average molecular weight is 482 g/mol. The summed E-state index contributed by atoms with van der Waals surface area (Å²) in [5.41, 5.74) is -0.183. The highest BCUT2D eigenvalue weighted by Gasteiger charge is 2.61. The lowest BCUT2D eigenvalue weighted by Gasteiger charge is -2.37. The smallest absolute Gasteiger partial charge is 0.409 e. The summed E-state index contributed by atoms with van der Waals surface area (Å²) in [6, 6.07) is 6.31. The molecule has 0 spiro atoms. The minimum atomic E-state index is -1.90. The number of ether oxygens (including phenoxy) is 2. The van der Waals surface area contributed by atoms with E-state index in [1.54, 1.807) is 17.0 Å². The second-order valence-electron chi connectivity index (χ2n) is 8.42. The molecule has 6 N–H and O–H groups in total. The molecule has 1 aromatic carbocycles. The summed E-state index contributed by atoms with van der Waals surface area (Å²) in [6.45, 7) is 4.78. The number of alkyl carbamates (subject to hydrolysis) is 1. The molecule has 1 aliphatic heterocycles. The fourth-order valence-electron chi connectivity index (χ4n) is 4.37. The van der Waals surface area contributed by atoms with E-state index in [0.717, 1.165) is 0 Å². The summed E-state index contributed by atoms with van der Waals surface area (Å²) in [4.78, 5) is 38.5. The van der Waals surface area contributed by atoms with E-state index in [0.29, 0.717) is 25.1 Å². The van der Waals surface area contributed by atoms with Gasteiger partial charge < -0.3 is 45.2 Å². The van der Waals surface area contributed by atoms with Gasteiger partial charge in [-0.05, 0) is 43.9 Å². The second kappa shape index (κ2) is 10.1. The third-order valence-electron chi connectivity index (χ3n) is 6.45. The molecule has 12 heteroatoms. The minimum absolute atomic E-state index is 0.0308. The number of nitrogens with zero attached hydrogens (tertiary/aromatic N) is 1. The zero-order chi connectivity index (χ0) is 25.2. The number of benzene rings is 1. The van der Waals surface area contributed by atoms with Crippen molar-refractivity contribution in [3.63, 3.8) is 0 Å². The van der Waals surface area contributed by atoms with Gasteiger partial charge in [0.2, 0.25) is 12.2 Å². The predicted octanol–water partition coefficient (Wildman–Crippen LogP) is -0.863. The third-order valence-corrected chi connectivity index (χ3v) is 6.45. The van der Waals surface area contributed by atoms with Gasteiger partial charge >= 0.3 is 12.1 Å². The molecule has 12 nitrogen and oxygen atoms in total. The summed E-state index contributed by atoms with van der Waals surface area (Å²) in [5.74, 6) is -1.92. The summed E-state index contributed by atoms with van der Waals surface area (Å²) >= 11 is 0. The average Bonchev–Trinajstić information content (AvgIpc) is 3.54. The van der Waals surface area contributed by atoms with Crippen molar-refractivity contribution < 1.29 is 49.4 Å². The van der Waals surface area contributed by atoms with E-state index in [4.69, 9.17) is 14.6 Å². The maximum atomic E-state index is 13.3. The van der Waals surface area contributed by atoms with Crippen molar-refractivity contribution in [3.8, 4) is 5.75 Å². The Morgan fingerprint density at radius 1 is 1.09 bits per heavy atom. The molecule has 7 atom stereocenters. The largest absolute Gasteiger partial charge is 0.508 e. The number of hydrogen-bond acceptors (Lipinski definition) is 9. The minimum Gasteiger partial charge on any atom is -0.508 e. The van der Waals surface area contributed by atoms with Gasteiger partial charge in [-0.2, -0.15) is 0 Å². The van der Waals surface area contributed by atoms with Crippen molar-refractivity contribution in [2.45, 2.75) is 56.4 Å². The van der Waals surface area contributed by atoms with Crippen molar-refractivity contribution in [1.82, 2.24) is 10.2 Å². The number of amides is 2. The molecule has 2 aliphatic rings. The SMILES string of the molecule is CCN(CC)C(=O)[C@]1(c2ccc(O)cc2)C[C@@H]1CNC(=O)O[C@@H]1O[C@H](C(=O)O)[C@@H](O)[C@H](O)[C@H]1O. The molecule has 2 fully saturated rings. The molecule has 0 radical (unpaired) electrons. The van der Waals surface area contributed by atoms with Crippen molar-refractivity contribution in [3.05, 3.63) is 29.8 Å². The van der Waals surface area contributed by atoms with Crippen LogP contribution in [0.1, 0.15) is 25.8 Å². The third kappa shape index (κ3) is 4.80. The normalized spacial score (nSPS) is 32.5. The van der Waals surface area contributed by atoms with E-state index in [-0.39, 0.29) is 24.1 Å². The van der Waals surface area contributed by atoms with Crippen LogP contribution in [0.3, 0.4) is 0 Å². The number of phenolic OH excluding ortho intramolecular Hbond substituents is 1. The number of aromatic hydroxyl groups is 1. The predicted molar refractivity (Wildman–Crippen MR) is 115 cm³/mol. The Morgan fingerprint density at radius 2 is 1.71 bits per heavy atom. The molecule has 188 valence electrons. The second-order valence-corrected chi connectivity index (χ2v) is 8.42. The number of carboxylic acid groups (broad SMARTS) is 1. The van der Waals surface area contributed by atoms with E-state index >= 15 is 0 Å². The van der Waals surface area contributed by atoms with Crippen LogP contribution in [0, 0.1) is 5.92 Å². The number of aliphatic hydroxyl groups is 3. The Balaban J connectivity index is 1.67. The van der Waals surface area contributed by atoms with Gasteiger partial charge in [0.1, 0.15) is 24.1 Å². The Hall–Kier alpha value is -2.93. The number of phenols is 1. The van der Waals surface area contributed by atoms with Gasteiger partial charge in [-0.25, -0.2) is 9.59 Å². The number of carbonyl (C=O) groups excluding carboxylic acids is 2. The maximum absolute atomic E-state index is 13.3. The fraction of sp³-hybridized carbons (Fsp3) is 0.591. The molecular formula is C22H30N2O10. The first-order chi connectivity index (χ1) is 16.1.